The van der Waals surface area contributed by atoms with E-state index in [4.69, 9.17) is 5.21 Å². The maximum atomic E-state index is 10.7. The summed E-state index contributed by atoms with van der Waals surface area (Å²) in [5, 5.41) is 17.9. The first-order valence-corrected chi connectivity index (χ1v) is 5.20. The molecular formula is C10H18N4O2. The first-order valence-electron chi connectivity index (χ1n) is 5.20. The van der Waals surface area contributed by atoms with Crippen molar-refractivity contribution < 1.29 is 10.0 Å². The van der Waals surface area contributed by atoms with Gasteiger partial charge in [-0.25, -0.2) is 5.48 Å². The van der Waals surface area contributed by atoms with E-state index in [0.717, 1.165) is 12.2 Å². The molecular weight excluding hydrogens is 208 g/mol. The predicted molar refractivity (Wildman–Crippen MR) is 60.4 cm³/mol. The van der Waals surface area contributed by atoms with Crippen molar-refractivity contribution in [2.75, 3.05) is 6.54 Å². The molecule has 1 rings (SSSR count). The molecule has 0 saturated carbocycles. The number of hydroxylamine groups is 1. The van der Waals surface area contributed by atoms with E-state index < -0.39 is 5.91 Å². The number of hydrogen-bond acceptors (Lipinski definition) is 5. The van der Waals surface area contributed by atoms with Crippen molar-refractivity contribution in [3.05, 3.63) is 24.0 Å². The zero-order chi connectivity index (χ0) is 12.0. The van der Waals surface area contributed by atoms with Gasteiger partial charge in [0.15, 0.2) is 0 Å². The van der Waals surface area contributed by atoms with Crippen LogP contribution < -0.4 is 21.4 Å². The number of rotatable bonds is 4. The maximum Gasteiger partial charge on any atom is 0.267 e. The third kappa shape index (κ3) is 4.33. The molecule has 5 N–H and O–H groups in total. The second kappa shape index (κ2) is 6.14. The van der Waals surface area contributed by atoms with Gasteiger partial charge in [-0.05, 0) is 19.9 Å². The van der Waals surface area contributed by atoms with Crippen LogP contribution in [0.2, 0.25) is 0 Å². The summed E-state index contributed by atoms with van der Waals surface area (Å²) in [7, 11) is 0. The van der Waals surface area contributed by atoms with E-state index in [0.29, 0.717) is 6.04 Å². The first-order chi connectivity index (χ1) is 7.61. The Labute approximate surface area is 94.7 Å². The summed E-state index contributed by atoms with van der Waals surface area (Å²) in [6.45, 7) is 4.88. The zero-order valence-electron chi connectivity index (χ0n) is 9.45. The highest BCUT2D eigenvalue weighted by atomic mass is 16.5. The Morgan fingerprint density at radius 2 is 2.44 bits per heavy atom. The van der Waals surface area contributed by atoms with Crippen molar-refractivity contribution in [3.63, 3.8) is 0 Å². The quantitative estimate of drug-likeness (QED) is 0.251. The molecule has 1 unspecified atom stereocenters. The number of carbonyl (C=O) groups is 1. The van der Waals surface area contributed by atoms with Gasteiger partial charge in [-0.1, -0.05) is 0 Å². The molecule has 1 aliphatic rings. The minimum absolute atomic E-state index is 0.184. The smallest absolute Gasteiger partial charge is 0.267 e. The zero-order valence-corrected chi connectivity index (χ0v) is 9.45. The lowest BCUT2D eigenvalue weighted by molar-refractivity contribution is -0.124. The molecule has 1 atom stereocenters. The maximum absolute atomic E-state index is 10.7. The molecule has 0 fully saturated rings. The predicted octanol–water partition coefficient (Wildman–Crippen LogP) is -0.594. The average molecular weight is 226 g/mol. The van der Waals surface area contributed by atoms with Crippen LogP contribution in [0.4, 0.5) is 0 Å². The highest BCUT2D eigenvalue weighted by molar-refractivity contribution is 5.86. The van der Waals surface area contributed by atoms with Crippen LogP contribution in [0.3, 0.4) is 0 Å². The molecule has 0 aromatic rings. The lowest BCUT2D eigenvalue weighted by Gasteiger charge is -2.27. The van der Waals surface area contributed by atoms with Gasteiger partial charge in [-0.15, -0.1) is 0 Å². The second-order valence-corrected chi connectivity index (χ2v) is 3.83. The van der Waals surface area contributed by atoms with Gasteiger partial charge in [0.2, 0.25) is 0 Å². The molecule has 16 heavy (non-hydrogen) atoms. The van der Waals surface area contributed by atoms with Crippen LogP contribution in [0, 0.1) is 0 Å². The average Bonchev–Trinajstić information content (AvgIpc) is 2.27. The van der Waals surface area contributed by atoms with E-state index in [2.05, 4.69) is 29.8 Å². The van der Waals surface area contributed by atoms with Crippen LogP contribution >= 0.6 is 0 Å². The van der Waals surface area contributed by atoms with Gasteiger partial charge >= 0.3 is 0 Å². The van der Waals surface area contributed by atoms with E-state index in [1.807, 2.05) is 0 Å². The van der Waals surface area contributed by atoms with Crippen LogP contribution in [-0.2, 0) is 4.79 Å². The van der Waals surface area contributed by atoms with Gasteiger partial charge in [0.25, 0.3) is 5.91 Å². The van der Waals surface area contributed by atoms with E-state index in [-0.39, 0.29) is 6.17 Å². The molecule has 6 nitrogen and oxygen atoms in total. The minimum atomic E-state index is -0.551. The fourth-order valence-electron chi connectivity index (χ4n) is 1.34. The Bertz CT molecular complexity index is 299. The lowest BCUT2D eigenvalue weighted by atomic mass is 10.3. The van der Waals surface area contributed by atoms with Crippen LogP contribution in [0.25, 0.3) is 0 Å². The molecule has 1 amide bonds. The van der Waals surface area contributed by atoms with Gasteiger partial charge in [0.1, 0.15) is 0 Å². The Hall–Kier alpha value is -1.53. The number of hydrogen-bond donors (Lipinski definition) is 5. The molecule has 1 heterocycles. The Balaban J connectivity index is 2.40. The Morgan fingerprint density at radius 1 is 1.69 bits per heavy atom. The van der Waals surface area contributed by atoms with Crippen molar-refractivity contribution in [2.24, 2.45) is 0 Å². The van der Waals surface area contributed by atoms with Gasteiger partial charge in [-0.3, -0.25) is 15.3 Å². The third-order valence-electron chi connectivity index (χ3n) is 2.01. The largest absolute Gasteiger partial charge is 0.380 e. The monoisotopic (exact) mass is 226 g/mol. The van der Waals surface area contributed by atoms with Crippen molar-refractivity contribution in [1.82, 2.24) is 21.4 Å². The summed E-state index contributed by atoms with van der Waals surface area (Å²) in [6.07, 6.45) is 4.80. The standard InChI is InChI=1S/C10H18N4O2/c1-7(2)13-9-6-11-8(5-12-9)3-4-10(15)14-16/h3-5,7,9,11-13,16H,6H2,1-2H3,(H,14,15)/b4-3+. The SMILES string of the molecule is CC(C)NC1CNC(/C=C/C(=O)NO)=CN1. The highest BCUT2D eigenvalue weighted by Crippen LogP contribution is 1.97. The molecule has 0 radical (unpaired) electrons. The summed E-state index contributed by atoms with van der Waals surface area (Å²) < 4.78 is 0. The molecule has 6 heteroatoms. The van der Waals surface area contributed by atoms with E-state index >= 15 is 0 Å². The van der Waals surface area contributed by atoms with Gasteiger partial charge in [0.05, 0.1) is 11.9 Å². The topological polar surface area (TPSA) is 85.4 Å². The van der Waals surface area contributed by atoms with Crippen molar-refractivity contribution >= 4 is 5.91 Å². The molecule has 0 aromatic carbocycles. The summed E-state index contributed by atoms with van der Waals surface area (Å²) in [4.78, 5) is 10.7. The first kappa shape index (κ1) is 12.5. The minimum Gasteiger partial charge on any atom is -0.380 e. The lowest BCUT2D eigenvalue weighted by Crippen LogP contribution is -2.52. The summed E-state index contributed by atoms with van der Waals surface area (Å²) >= 11 is 0. The normalized spacial score (nSPS) is 20.2. The second-order valence-electron chi connectivity index (χ2n) is 3.83. The Morgan fingerprint density at radius 3 is 2.94 bits per heavy atom. The summed E-state index contributed by atoms with van der Waals surface area (Å²) in [5.74, 6) is -0.551. The van der Waals surface area contributed by atoms with Crippen molar-refractivity contribution in [3.8, 4) is 0 Å². The van der Waals surface area contributed by atoms with Crippen LogP contribution in [0.1, 0.15) is 13.8 Å². The Kier molecular flexibility index (Phi) is 4.81. The van der Waals surface area contributed by atoms with Gasteiger partial charge in [0, 0.05) is 24.9 Å². The number of amides is 1. The summed E-state index contributed by atoms with van der Waals surface area (Å²) in [5.41, 5.74) is 2.32. The summed E-state index contributed by atoms with van der Waals surface area (Å²) in [6, 6.07) is 0.407. The van der Waals surface area contributed by atoms with Crippen LogP contribution in [0.15, 0.2) is 24.0 Å². The number of allylic oxidation sites excluding steroid dienone is 1. The highest BCUT2D eigenvalue weighted by Gasteiger charge is 2.11. The molecule has 0 bridgehead atoms. The van der Waals surface area contributed by atoms with E-state index in [1.165, 1.54) is 11.6 Å². The van der Waals surface area contributed by atoms with Gasteiger partial charge in [-0.2, -0.15) is 0 Å². The van der Waals surface area contributed by atoms with E-state index in [9.17, 15) is 4.79 Å². The number of carbonyl (C=O) groups excluding carboxylic acids is 1. The van der Waals surface area contributed by atoms with Crippen molar-refractivity contribution in [1.29, 1.82) is 0 Å². The third-order valence-corrected chi connectivity index (χ3v) is 2.01. The van der Waals surface area contributed by atoms with Gasteiger partial charge < -0.3 is 10.6 Å². The number of nitrogens with one attached hydrogen (secondary N) is 4. The molecule has 0 spiro atoms. The van der Waals surface area contributed by atoms with Crippen molar-refractivity contribution in [2.45, 2.75) is 26.1 Å². The molecule has 0 saturated heterocycles. The molecule has 0 aliphatic carbocycles. The van der Waals surface area contributed by atoms with Crippen LogP contribution in [0.5, 0.6) is 0 Å². The molecule has 90 valence electrons. The molecule has 0 aromatic heterocycles. The van der Waals surface area contributed by atoms with E-state index in [1.54, 1.807) is 12.3 Å². The fourth-order valence-corrected chi connectivity index (χ4v) is 1.34. The van der Waals surface area contributed by atoms with Crippen LogP contribution in [-0.4, -0.2) is 29.9 Å². The molecule has 1 aliphatic heterocycles. The fraction of sp³-hybridized carbons (Fsp3) is 0.500.